The van der Waals surface area contributed by atoms with Crippen LogP contribution in [-0.2, 0) is 0 Å². The molecule has 2 heterocycles. The van der Waals surface area contributed by atoms with Crippen molar-refractivity contribution in [2.75, 3.05) is 32.4 Å². The lowest BCUT2D eigenvalue weighted by molar-refractivity contribution is -0.901. The van der Waals surface area contributed by atoms with E-state index in [9.17, 15) is 0 Å². The molecule has 1 aliphatic heterocycles. The molecule has 1 atom stereocenters. The zero-order chi connectivity index (χ0) is 12.3. The highest BCUT2D eigenvalue weighted by Gasteiger charge is 2.27. The SMILES string of the molecule is CCSc1nsnc1C1=CCC[N+](C)(CC)C1. The van der Waals surface area contributed by atoms with Gasteiger partial charge in [-0.2, -0.15) is 8.75 Å². The average molecular weight is 270 g/mol. The predicted molar refractivity (Wildman–Crippen MR) is 75.4 cm³/mol. The monoisotopic (exact) mass is 270 g/mol. The summed E-state index contributed by atoms with van der Waals surface area (Å²) in [5, 5.41) is 1.12. The van der Waals surface area contributed by atoms with Crippen LogP contribution in [0.3, 0.4) is 0 Å². The van der Waals surface area contributed by atoms with Crippen LogP contribution in [0.15, 0.2) is 11.1 Å². The van der Waals surface area contributed by atoms with E-state index in [0.29, 0.717) is 0 Å². The Hall–Kier alpha value is -0.390. The van der Waals surface area contributed by atoms with E-state index >= 15 is 0 Å². The first kappa shape index (κ1) is 13.1. The summed E-state index contributed by atoms with van der Waals surface area (Å²) in [6, 6.07) is 0. The lowest BCUT2D eigenvalue weighted by Crippen LogP contribution is -2.47. The van der Waals surface area contributed by atoms with Gasteiger partial charge in [0, 0.05) is 12.0 Å². The van der Waals surface area contributed by atoms with Gasteiger partial charge in [-0.15, -0.1) is 11.8 Å². The smallest absolute Gasteiger partial charge is 0.138 e. The van der Waals surface area contributed by atoms with Crippen molar-refractivity contribution < 1.29 is 4.48 Å². The van der Waals surface area contributed by atoms with Gasteiger partial charge in [0.15, 0.2) is 0 Å². The Labute approximate surface area is 112 Å². The van der Waals surface area contributed by atoms with Crippen molar-refractivity contribution in [1.82, 2.24) is 8.75 Å². The molecule has 0 radical (unpaired) electrons. The number of likely N-dealkylation sites (N-methyl/N-ethyl adjacent to an activating group) is 1. The van der Waals surface area contributed by atoms with Crippen molar-refractivity contribution in [1.29, 1.82) is 0 Å². The predicted octanol–water partition coefficient (Wildman–Crippen LogP) is 2.90. The molecule has 94 valence electrons. The van der Waals surface area contributed by atoms with Crippen molar-refractivity contribution in [2.45, 2.75) is 25.3 Å². The lowest BCUT2D eigenvalue weighted by atomic mass is 10.1. The average Bonchev–Trinajstić information content (AvgIpc) is 2.78. The van der Waals surface area contributed by atoms with Gasteiger partial charge in [-0.3, -0.25) is 0 Å². The molecule has 5 heteroatoms. The van der Waals surface area contributed by atoms with Crippen LogP contribution in [-0.4, -0.2) is 45.7 Å². The highest BCUT2D eigenvalue weighted by Crippen LogP contribution is 2.30. The number of quaternary nitrogens is 1. The number of hydrogen-bond donors (Lipinski definition) is 0. The van der Waals surface area contributed by atoms with Crippen LogP contribution in [0.4, 0.5) is 0 Å². The maximum Gasteiger partial charge on any atom is 0.138 e. The molecule has 0 spiro atoms. The molecule has 0 fully saturated rings. The van der Waals surface area contributed by atoms with Crippen LogP contribution in [0.1, 0.15) is 26.0 Å². The van der Waals surface area contributed by atoms with E-state index in [4.69, 9.17) is 0 Å². The quantitative estimate of drug-likeness (QED) is 0.621. The van der Waals surface area contributed by atoms with Gasteiger partial charge in [-0.25, -0.2) is 0 Å². The highest BCUT2D eigenvalue weighted by atomic mass is 32.2. The molecular formula is C12H20N3S2+. The van der Waals surface area contributed by atoms with E-state index in [0.717, 1.165) is 33.9 Å². The van der Waals surface area contributed by atoms with Crippen molar-refractivity contribution in [3.63, 3.8) is 0 Å². The molecular weight excluding hydrogens is 250 g/mol. The molecule has 0 N–H and O–H groups in total. The Morgan fingerprint density at radius 3 is 2.94 bits per heavy atom. The van der Waals surface area contributed by atoms with Crippen molar-refractivity contribution in [3.05, 3.63) is 11.8 Å². The first-order valence-corrected chi connectivity index (χ1v) is 7.88. The van der Waals surface area contributed by atoms with Gasteiger partial charge >= 0.3 is 0 Å². The van der Waals surface area contributed by atoms with Crippen LogP contribution in [0.5, 0.6) is 0 Å². The molecule has 0 amide bonds. The fourth-order valence-corrected chi connectivity index (χ4v) is 3.60. The number of hydrogen-bond acceptors (Lipinski definition) is 4. The fraction of sp³-hybridized carbons (Fsp3) is 0.667. The van der Waals surface area contributed by atoms with Crippen LogP contribution in [0.2, 0.25) is 0 Å². The maximum atomic E-state index is 4.49. The van der Waals surface area contributed by atoms with Crippen LogP contribution in [0.25, 0.3) is 5.57 Å². The molecule has 17 heavy (non-hydrogen) atoms. The van der Waals surface area contributed by atoms with E-state index in [1.165, 1.54) is 30.4 Å². The third-order valence-electron chi connectivity index (χ3n) is 3.42. The van der Waals surface area contributed by atoms with Gasteiger partial charge < -0.3 is 4.48 Å². The number of thioether (sulfide) groups is 1. The molecule has 0 aromatic carbocycles. The minimum absolute atomic E-state index is 1.06. The third kappa shape index (κ3) is 2.89. The minimum Gasteiger partial charge on any atom is -0.322 e. The summed E-state index contributed by atoms with van der Waals surface area (Å²) < 4.78 is 10.0. The fourth-order valence-electron chi connectivity index (χ4n) is 2.15. The van der Waals surface area contributed by atoms with Gasteiger partial charge in [0.2, 0.25) is 0 Å². The van der Waals surface area contributed by atoms with Gasteiger partial charge in [0.1, 0.15) is 17.3 Å². The molecule has 1 aromatic heterocycles. The molecule has 1 aliphatic rings. The van der Waals surface area contributed by atoms with E-state index < -0.39 is 0 Å². The first-order chi connectivity index (χ1) is 8.18. The highest BCUT2D eigenvalue weighted by molar-refractivity contribution is 7.99. The summed E-state index contributed by atoms with van der Waals surface area (Å²) in [6.45, 7) is 7.96. The summed E-state index contributed by atoms with van der Waals surface area (Å²) in [4.78, 5) is 0. The van der Waals surface area contributed by atoms with Gasteiger partial charge in [0.05, 0.1) is 31.9 Å². The molecule has 0 saturated carbocycles. The largest absolute Gasteiger partial charge is 0.322 e. The van der Waals surface area contributed by atoms with E-state index in [2.05, 4.69) is 35.7 Å². The van der Waals surface area contributed by atoms with Crippen LogP contribution < -0.4 is 0 Å². The van der Waals surface area contributed by atoms with Gasteiger partial charge in [-0.05, 0) is 12.7 Å². The second kappa shape index (κ2) is 5.50. The van der Waals surface area contributed by atoms with Crippen molar-refractivity contribution >= 4 is 29.1 Å². The number of aromatic nitrogens is 2. The standard InChI is InChI=1S/C12H20N3S2/c1-4-15(3)8-6-7-10(9-15)11-12(16-5-2)14-17-13-11/h7H,4-6,8-9H2,1-3H3/q+1. The van der Waals surface area contributed by atoms with Crippen LogP contribution >= 0.6 is 23.5 Å². The number of nitrogens with zero attached hydrogens (tertiary/aromatic N) is 3. The zero-order valence-corrected chi connectivity index (χ0v) is 12.4. The molecule has 0 bridgehead atoms. The van der Waals surface area contributed by atoms with E-state index in [1.54, 1.807) is 11.8 Å². The zero-order valence-electron chi connectivity index (χ0n) is 10.8. The topological polar surface area (TPSA) is 25.8 Å². The third-order valence-corrected chi connectivity index (χ3v) is 4.91. The van der Waals surface area contributed by atoms with Gasteiger partial charge in [-0.1, -0.05) is 13.0 Å². The minimum atomic E-state index is 1.06. The number of rotatable bonds is 4. The van der Waals surface area contributed by atoms with E-state index in [-0.39, 0.29) is 0 Å². The first-order valence-electron chi connectivity index (χ1n) is 6.17. The Morgan fingerprint density at radius 1 is 1.41 bits per heavy atom. The normalized spacial score (nSPS) is 24.8. The van der Waals surface area contributed by atoms with Crippen molar-refractivity contribution in [3.8, 4) is 0 Å². The molecule has 0 aliphatic carbocycles. The summed E-state index contributed by atoms with van der Waals surface area (Å²) in [5.41, 5.74) is 2.53. The maximum absolute atomic E-state index is 4.49. The van der Waals surface area contributed by atoms with Crippen LogP contribution in [0, 0.1) is 0 Å². The Balaban J connectivity index is 2.22. The summed E-state index contributed by atoms with van der Waals surface area (Å²) in [5.74, 6) is 1.06. The Morgan fingerprint density at radius 2 is 2.24 bits per heavy atom. The van der Waals surface area contributed by atoms with E-state index in [1.807, 2.05) is 0 Å². The summed E-state index contributed by atoms with van der Waals surface area (Å²) >= 11 is 3.14. The lowest BCUT2D eigenvalue weighted by Gasteiger charge is -2.36. The molecule has 1 unspecified atom stereocenters. The molecule has 2 rings (SSSR count). The Kier molecular flexibility index (Phi) is 4.22. The second-order valence-corrected chi connectivity index (χ2v) is 6.47. The Bertz CT molecular complexity index is 414. The summed E-state index contributed by atoms with van der Waals surface area (Å²) in [6.07, 6.45) is 3.51. The van der Waals surface area contributed by atoms with Gasteiger partial charge in [0.25, 0.3) is 0 Å². The second-order valence-electron chi connectivity index (χ2n) is 4.69. The van der Waals surface area contributed by atoms with Crippen molar-refractivity contribution in [2.24, 2.45) is 0 Å². The molecule has 0 saturated heterocycles. The summed E-state index contributed by atoms with van der Waals surface area (Å²) in [7, 11) is 2.33. The molecule has 3 nitrogen and oxygen atoms in total. The molecule has 1 aromatic rings.